The lowest BCUT2D eigenvalue weighted by Gasteiger charge is -2.31. The van der Waals surface area contributed by atoms with Gasteiger partial charge in [0.25, 0.3) is 5.91 Å². The number of amides is 2. The first-order valence-corrected chi connectivity index (χ1v) is 10.7. The van der Waals surface area contributed by atoms with Gasteiger partial charge in [-0.15, -0.1) is 0 Å². The molecular weight excluding hydrogens is 418 g/mol. The van der Waals surface area contributed by atoms with E-state index in [4.69, 9.17) is 0 Å². The first-order valence-electron chi connectivity index (χ1n) is 9.87. The van der Waals surface area contributed by atoms with E-state index in [9.17, 15) is 9.59 Å². The van der Waals surface area contributed by atoms with E-state index in [1.807, 2.05) is 66.9 Å². The number of nitrogens with zero attached hydrogens (tertiary/aromatic N) is 3. The smallest absolute Gasteiger partial charge is 0.254 e. The molecule has 0 radical (unpaired) electrons. The Kier molecular flexibility index (Phi) is 6.60. The summed E-state index contributed by atoms with van der Waals surface area (Å²) in [6.07, 6.45) is 4.87. The topological polar surface area (TPSA) is 45.6 Å². The van der Waals surface area contributed by atoms with Crippen LogP contribution in [-0.2, 0) is 18.4 Å². The average molecular weight is 446 g/mol. The van der Waals surface area contributed by atoms with Crippen molar-refractivity contribution < 1.29 is 9.59 Å². The predicted octanol–water partition coefficient (Wildman–Crippen LogP) is 4.22. The van der Waals surface area contributed by atoms with Crippen LogP contribution in [0.25, 0.3) is 0 Å². The summed E-state index contributed by atoms with van der Waals surface area (Å²) in [5.74, 6) is -0.0778. The van der Waals surface area contributed by atoms with Gasteiger partial charge in [0.2, 0.25) is 5.91 Å². The van der Waals surface area contributed by atoms with Crippen LogP contribution in [-0.4, -0.2) is 44.8 Å². The second kappa shape index (κ2) is 8.95. The highest BCUT2D eigenvalue weighted by atomic mass is 79.9. The van der Waals surface area contributed by atoms with Crippen LogP contribution in [0.5, 0.6) is 0 Å². The molecule has 1 aliphatic rings. The molecule has 1 aliphatic carbocycles. The molecule has 150 valence electrons. The zero-order valence-corrected chi connectivity index (χ0v) is 18.4. The minimum Gasteiger partial charge on any atom is -0.353 e. The van der Waals surface area contributed by atoms with Gasteiger partial charge in [0.15, 0.2) is 0 Å². The fraction of sp³-hybridized carbons (Fsp3) is 0.455. The first-order chi connectivity index (χ1) is 13.4. The Morgan fingerprint density at radius 1 is 1.25 bits per heavy atom. The Labute approximate surface area is 175 Å². The summed E-state index contributed by atoms with van der Waals surface area (Å²) in [5, 5.41) is 0. The van der Waals surface area contributed by atoms with Crippen molar-refractivity contribution in [1.82, 2.24) is 14.4 Å². The number of aromatic nitrogens is 1. The summed E-state index contributed by atoms with van der Waals surface area (Å²) in [4.78, 5) is 30.0. The molecule has 0 aliphatic heterocycles. The van der Waals surface area contributed by atoms with Gasteiger partial charge in [0.1, 0.15) is 6.54 Å². The van der Waals surface area contributed by atoms with E-state index < -0.39 is 0 Å². The van der Waals surface area contributed by atoms with Crippen molar-refractivity contribution in [3.8, 4) is 0 Å². The molecule has 5 nitrogen and oxygen atoms in total. The lowest BCUT2D eigenvalue weighted by atomic mass is 10.1. The maximum atomic E-state index is 13.2. The molecule has 1 atom stereocenters. The molecule has 1 unspecified atom stereocenters. The molecular formula is C22H28BrN3O2. The molecule has 1 heterocycles. The standard InChI is InChI=1S/C22H28BrN3O2/c1-4-16(2)25(22(28)17-7-5-8-18(23)13-17)15-21(27)26(19-10-11-19)14-20-9-6-12-24(20)3/h5-9,12-13,16,19H,4,10-11,14-15H2,1-3H3. The molecule has 2 aromatic rings. The summed E-state index contributed by atoms with van der Waals surface area (Å²) in [6, 6.07) is 11.7. The number of rotatable bonds is 8. The molecule has 2 amide bonds. The SMILES string of the molecule is CCC(C)N(CC(=O)N(Cc1cccn1C)C1CC1)C(=O)c1cccc(Br)c1. The summed E-state index contributed by atoms with van der Waals surface area (Å²) in [7, 11) is 1.99. The minimum atomic E-state index is -0.0985. The summed E-state index contributed by atoms with van der Waals surface area (Å²) in [6.45, 7) is 4.74. The van der Waals surface area contributed by atoms with Crippen molar-refractivity contribution in [2.45, 2.75) is 51.7 Å². The first kappa shape index (κ1) is 20.6. The Bertz CT molecular complexity index is 844. The van der Waals surface area contributed by atoms with Crippen molar-refractivity contribution in [2.75, 3.05) is 6.54 Å². The number of hydrogen-bond donors (Lipinski definition) is 0. The Balaban J connectivity index is 1.78. The monoisotopic (exact) mass is 445 g/mol. The summed E-state index contributed by atoms with van der Waals surface area (Å²) in [5.41, 5.74) is 1.71. The third-order valence-corrected chi connectivity index (χ3v) is 5.95. The van der Waals surface area contributed by atoms with Crippen LogP contribution in [0.15, 0.2) is 47.1 Å². The van der Waals surface area contributed by atoms with Gasteiger partial charge in [-0.05, 0) is 56.5 Å². The quantitative estimate of drug-likeness (QED) is 0.610. The zero-order chi connectivity index (χ0) is 20.3. The number of carbonyl (C=O) groups excluding carboxylic acids is 2. The van der Waals surface area contributed by atoms with Gasteiger partial charge < -0.3 is 14.4 Å². The van der Waals surface area contributed by atoms with Gasteiger partial charge in [-0.1, -0.05) is 28.9 Å². The van der Waals surface area contributed by atoms with Gasteiger partial charge in [-0.2, -0.15) is 0 Å². The molecule has 0 N–H and O–H groups in total. The summed E-state index contributed by atoms with van der Waals surface area (Å²) >= 11 is 3.43. The Hall–Kier alpha value is -2.08. The van der Waals surface area contributed by atoms with Crippen molar-refractivity contribution in [3.63, 3.8) is 0 Å². The fourth-order valence-corrected chi connectivity index (χ4v) is 3.71. The van der Waals surface area contributed by atoms with Crippen LogP contribution in [0.2, 0.25) is 0 Å². The van der Waals surface area contributed by atoms with Gasteiger partial charge in [-0.25, -0.2) is 0 Å². The molecule has 6 heteroatoms. The Morgan fingerprint density at radius 3 is 2.57 bits per heavy atom. The highest BCUT2D eigenvalue weighted by molar-refractivity contribution is 9.10. The zero-order valence-electron chi connectivity index (χ0n) is 16.8. The van der Waals surface area contributed by atoms with Crippen molar-refractivity contribution >= 4 is 27.7 Å². The maximum Gasteiger partial charge on any atom is 0.254 e. The Morgan fingerprint density at radius 2 is 2.00 bits per heavy atom. The van der Waals surface area contributed by atoms with Gasteiger partial charge in [-0.3, -0.25) is 9.59 Å². The summed E-state index contributed by atoms with van der Waals surface area (Å²) < 4.78 is 2.90. The number of hydrogen-bond acceptors (Lipinski definition) is 2. The lowest BCUT2D eigenvalue weighted by Crippen LogP contribution is -2.47. The second-order valence-corrected chi connectivity index (χ2v) is 8.48. The molecule has 1 aromatic carbocycles. The molecule has 1 fully saturated rings. The molecule has 28 heavy (non-hydrogen) atoms. The fourth-order valence-electron chi connectivity index (χ4n) is 3.31. The van der Waals surface area contributed by atoms with E-state index in [0.717, 1.165) is 29.4 Å². The van der Waals surface area contributed by atoms with Crippen LogP contribution in [0.1, 0.15) is 49.2 Å². The van der Waals surface area contributed by atoms with Crippen LogP contribution >= 0.6 is 15.9 Å². The van der Waals surface area contributed by atoms with Gasteiger partial charge in [0, 0.05) is 41.1 Å². The second-order valence-electron chi connectivity index (χ2n) is 7.56. The molecule has 0 saturated heterocycles. The van der Waals surface area contributed by atoms with E-state index in [1.54, 1.807) is 11.0 Å². The molecule has 1 aromatic heterocycles. The van der Waals surface area contributed by atoms with Crippen LogP contribution in [0, 0.1) is 0 Å². The van der Waals surface area contributed by atoms with Crippen LogP contribution < -0.4 is 0 Å². The number of benzene rings is 1. The molecule has 1 saturated carbocycles. The van der Waals surface area contributed by atoms with Crippen molar-refractivity contribution in [1.29, 1.82) is 0 Å². The third-order valence-electron chi connectivity index (χ3n) is 5.45. The molecule has 0 spiro atoms. The number of aryl methyl sites for hydroxylation is 1. The number of carbonyl (C=O) groups is 2. The van der Waals surface area contributed by atoms with Gasteiger partial charge in [0.05, 0.1) is 6.54 Å². The highest BCUT2D eigenvalue weighted by Gasteiger charge is 2.35. The van der Waals surface area contributed by atoms with Crippen LogP contribution in [0.4, 0.5) is 0 Å². The van der Waals surface area contributed by atoms with E-state index in [1.165, 1.54) is 0 Å². The molecule has 0 bridgehead atoms. The van der Waals surface area contributed by atoms with Crippen molar-refractivity contribution in [3.05, 3.63) is 58.3 Å². The predicted molar refractivity (Wildman–Crippen MR) is 114 cm³/mol. The van der Waals surface area contributed by atoms with E-state index in [2.05, 4.69) is 15.9 Å². The third kappa shape index (κ3) is 4.85. The average Bonchev–Trinajstić information content (AvgIpc) is 3.45. The minimum absolute atomic E-state index is 0.00785. The van der Waals surface area contributed by atoms with E-state index in [-0.39, 0.29) is 24.4 Å². The lowest BCUT2D eigenvalue weighted by molar-refractivity contribution is -0.133. The van der Waals surface area contributed by atoms with Gasteiger partial charge >= 0.3 is 0 Å². The van der Waals surface area contributed by atoms with E-state index in [0.29, 0.717) is 18.2 Å². The number of halogens is 1. The normalized spacial score (nSPS) is 14.6. The van der Waals surface area contributed by atoms with Crippen molar-refractivity contribution in [2.24, 2.45) is 7.05 Å². The highest BCUT2D eigenvalue weighted by Crippen LogP contribution is 2.29. The van der Waals surface area contributed by atoms with E-state index >= 15 is 0 Å². The van der Waals surface area contributed by atoms with Crippen LogP contribution in [0.3, 0.4) is 0 Å². The largest absolute Gasteiger partial charge is 0.353 e. The molecule has 3 rings (SSSR count). The maximum absolute atomic E-state index is 13.2.